The molecule has 162 valence electrons. The van der Waals surface area contributed by atoms with Crippen molar-refractivity contribution in [2.75, 3.05) is 11.9 Å². The summed E-state index contributed by atoms with van der Waals surface area (Å²) in [5.41, 5.74) is 0.900. The monoisotopic (exact) mass is 486 g/mol. The Balaban J connectivity index is 1.36. The second-order valence-corrected chi connectivity index (χ2v) is 8.47. The van der Waals surface area contributed by atoms with E-state index in [-0.39, 0.29) is 18.0 Å². The van der Waals surface area contributed by atoms with Crippen LogP contribution in [0.2, 0.25) is 0 Å². The van der Waals surface area contributed by atoms with Crippen molar-refractivity contribution in [3.8, 4) is 17.1 Å². The van der Waals surface area contributed by atoms with Gasteiger partial charge >= 0.3 is 0 Å². The second kappa shape index (κ2) is 10.0. The lowest BCUT2D eigenvalue weighted by Gasteiger charge is -2.11. The Morgan fingerprint density at radius 1 is 1.16 bits per heavy atom. The predicted octanol–water partition coefficient (Wildman–Crippen LogP) is 5.37. The maximum Gasteiger partial charge on any atom is 0.224 e. The molecule has 1 N–H and O–H groups in total. The number of nitrogens with one attached hydrogen (secondary N) is 1. The highest BCUT2D eigenvalue weighted by molar-refractivity contribution is 9.10. The van der Waals surface area contributed by atoms with E-state index in [4.69, 9.17) is 4.74 Å². The molecule has 2 aromatic carbocycles. The summed E-state index contributed by atoms with van der Waals surface area (Å²) in [7, 11) is 0. The van der Waals surface area contributed by atoms with Crippen LogP contribution in [0.4, 0.5) is 10.1 Å². The topological polar surface area (TPSA) is 69.0 Å². The third-order valence-electron chi connectivity index (χ3n) is 5.22. The van der Waals surface area contributed by atoms with Crippen molar-refractivity contribution < 1.29 is 13.9 Å². The summed E-state index contributed by atoms with van der Waals surface area (Å²) < 4.78 is 23.0. The summed E-state index contributed by atoms with van der Waals surface area (Å²) in [5.74, 6) is 1.69. The molecule has 0 saturated carbocycles. The summed E-state index contributed by atoms with van der Waals surface area (Å²) in [6.07, 6.45) is 5.01. The molecule has 0 spiro atoms. The number of fused-ring (bicyclic) bond motifs is 1. The Hall–Kier alpha value is -2.74. The minimum Gasteiger partial charge on any atom is -0.494 e. The molecule has 1 amide bonds. The van der Waals surface area contributed by atoms with Crippen LogP contribution in [0.15, 0.2) is 46.9 Å². The van der Waals surface area contributed by atoms with Crippen LogP contribution >= 0.6 is 15.9 Å². The lowest BCUT2D eigenvalue weighted by molar-refractivity contribution is -0.116. The molecule has 0 fully saturated rings. The van der Waals surface area contributed by atoms with E-state index in [1.165, 1.54) is 12.5 Å². The minimum absolute atomic E-state index is 0.154. The summed E-state index contributed by atoms with van der Waals surface area (Å²) in [6.45, 7) is 1.26. The van der Waals surface area contributed by atoms with Crippen LogP contribution in [0, 0.1) is 5.82 Å². The van der Waals surface area contributed by atoms with Gasteiger partial charge in [-0.1, -0.05) is 28.4 Å². The van der Waals surface area contributed by atoms with Crippen molar-refractivity contribution in [3.63, 3.8) is 0 Å². The zero-order chi connectivity index (χ0) is 21.6. The molecule has 0 saturated heterocycles. The van der Waals surface area contributed by atoms with Crippen LogP contribution in [0.3, 0.4) is 0 Å². The summed E-state index contributed by atoms with van der Waals surface area (Å²) in [5, 5.41) is 11.3. The third kappa shape index (κ3) is 5.50. The normalized spacial score (nSPS) is 13.4. The number of rotatable bonds is 7. The van der Waals surface area contributed by atoms with Gasteiger partial charge in [0.1, 0.15) is 17.4 Å². The first kappa shape index (κ1) is 21.5. The third-order valence-corrected chi connectivity index (χ3v) is 5.71. The molecule has 31 heavy (non-hydrogen) atoms. The lowest BCUT2D eigenvalue weighted by Crippen LogP contribution is -2.14. The first-order valence-corrected chi connectivity index (χ1v) is 11.3. The number of carbonyl (C=O) groups excluding carboxylic acids is 1. The zero-order valence-electron chi connectivity index (χ0n) is 17.1. The number of hydrogen-bond donors (Lipinski definition) is 1. The molecular weight excluding hydrogens is 463 g/mol. The molecule has 0 radical (unpaired) electrons. The number of carbonyl (C=O) groups is 1. The zero-order valence-corrected chi connectivity index (χ0v) is 18.7. The number of anilines is 1. The van der Waals surface area contributed by atoms with Crippen molar-refractivity contribution in [3.05, 3.63) is 58.6 Å². The molecule has 4 rings (SSSR count). The summed E-state index contributed by atoms with van der Waals surface area (Å²) >= 11 is 3.39. The van der Waals surface area contributed by atoms with Crippen LogP contribution in [0.25, 0.3) is 11.4 Å². The Morgan fingerprint density at radius 3 is 2.94 bits per heavy atom. The van der Waals surface area contributed by atoms with Gasteiger partial charge in [0.2, 0.25) is 5.91 Å². The van der Waals surface area contributed by atoms with E-state index in [0.29, 0.717) is 13.0 Å². The molecule has 1 aliphatic heterocycles. The summed E-state index contributed by atoms with van der Waals surface area (Å²) in [6, 6.07) is 12.2. The van der Waals surface area contributed by atoms with Gasteiger partial charge in [-0.2, -0.15) is 0 Å². The van der Waals surface area contributed by atoms with E-state index in [2.05, 4.69) is 36.0 Å². The van der Waals surface area contributed by atoms with Crippen LogP contribution in [0.5, 0.6) is 5.75 Å². The average Bonchev–Trinajstić information content (AvgIpc) is 3.01. The fourth-order valence-corrected chi connectivity index (χ4v) is 4.03. The second-order valence-electron chi connectivity index (χ2n) is 7.55. The van der Waals surface area contributed by atoms with E-state index >= 15 is 0 Å². The molecule has 0 unspecified atom stereocenters. The molecule has 1 aliphatic rings. The highest BCUT2D eigenvalue weighted by Crippen LogP contribution is 2.27. The highest BCUT2D eigenvalue weighted by Gasteiger charge is 2.17. The van der Waals surface area contributed by atoms with Crippen molar-refractivity contribution in [1.29, 1.82) is 0 Å². The lowest BCUT2D eigenvalue weighted by atomic mass is 10.1. The van der Waals surface area contributed by atoms with Crippen molar-refractivity contribution in [2.24, 2.45) is 0 Å². The molecule has 6 nitrogen and oxygen atoms in total. The number of nitrogens with zero attached hydrogens (tertiary/aromatic N) is 3. The molecule has 8 heteroatoms. The number of amides is 1. The van der Waals surface area contributed by atoms with Gasteiger partial charge in [-0.25, -0.2) is 4.39 Å². The Kier molecular flexibility index (Phi) is 6.96. The highest BCUT2D eigenvalue weighted by atomic mass is 79.9. The Labute approximate surface area is 189 Å². The van der Waals surface area contributed by atoms with E-state index in [9.17, 15) is 9.18 Å². The maximum atomic E-state index is 14.3. The van der Waals surface area contributed by atoms with E-state index < -0.39 is 5.82 Å². The van der Waals surface area contributed by atoms with E-state index in [1.54, 1.807) is 12.1 Å². The van der Waals surface area contributed by atoms with E-state index in [1.807, 2.05) is 24.3 Å². The smallest absolute Gasteiger partial charge is 0.224 e. The van der Waals surface area contributed by atoms with Crippen LogP contribution in [0.1, 0.15) is 37.9 Å². The minimum atomic E-state index is -0.474. The van der Waals surface area contributed by atoms with Gasteiger partial charge in [0.05, 0.1) is 12.3 Å². The number of ether oxygens (including phenoxy) is 1. The van der Waals surface area contributed by atoms with Crippen LogP contribution < -0.4 is 10.1 Å². The number of benzene rings is 2. The molecule has 0 bridgehead atoms. The van der Waals surface area contributed by atoms with Gasteiger partial charge in [-0.05, 0) is 55.7 Å². The fraction of sp³-hybridized carbons (Fsp3) is 0.348. The first-order valence-electron chi connectivity index (χ1n) is 10.5. The van der Waals surface area contributed by atoms with Gasteiger partial charge in [0.15, 0.2) is 5.82 Å². The van der Waals surface area contributed by atoms with Gasteiger partial charge in [0, 0.05) is 29.4 Å². The maximum absolute atomic E-state index is 14.3. The van der Waals surface area contributed by atoms with Crippen molar-refractivity contribution >= 4 is 27.5 Å². The molecule has 2 heterocycles. The Bertz CT molecular complexity index is 1070. The standard InChI is InChI=1S/C23H24BrFN4O2/c24-17-6-4-7-18(15-17)31-13-5-9-22(30)26-20-14-16(10-11-19(20)25)23-28-27-21-8-2-1-3-12-29(21)23/h4,6-7,10-11,14-15H,1-3,5,8-9,12-13H2,(H,26,30). The number of hydrogen-bond acceptors (Lipinski definition) is 4. The van der Waals surface area contributed by atoms with Crippen molar-refractivity contribution in [2.45, 2.75) is 45.1 Å². The van der Waals surface area contributed by atoms with E-state index in [0.717, 1.165) is 53.2 Å². The largest absolute Gasteiger partial charge is 0.494 e. The molecule has 3 aromatic rings. The SMILES string of the molecule is O=C(CCCOc1cccc(Br)c1)Nc1cc(-c2nnc3n2CCCCC3)ccc1F. The summed E-state index contributed by atoms with van der Waals surface area (Å²) in [4.78, 5) is 12.3. The predicted molar refractivity (Wildman–Crippen MR) is 120 cm³/mol. The quantitative estimate of drug-likeness (QED) is 0.455. The average molecular weight is 487 g/mol. The molecular formula is C23H24BrFN4O2. The van der Waals surface area contributed by atoms with Crippen LogP contribution in [-0.2, 0) is 17.8 Å². The van der Waals surface area contributed by atoms with Crippen molar-refractivity contribution in [1.82, 2.24) is 14.8 Å². The van der Waals surface area contributed by atoms with Crippen LogP contribution in [-0.4, -0.2) is 27.3 Å². The van der Waals surface area contributed by atoms with Gasteiger partial charge in [-0.3, -0.25) is 4.79 Å². The number of aromatic nitrogens is 3. The number of aryl methyl sites for hydroxylation is 1. The number of halogens is 2. The van der Waals surface area contributed by atoms with Gasteiger partial charge in [0.25, 0.3) is 0 Å². The molecule has 0 aliphatic carbocycles. The van der Waals surface area contributed by atoms with Gasteiger partial charge < -0.3 is 14.6 Å². The molecule has 0 atom stereocenters. The van der Waals surface area contributed by atoms with Gasteiger partial charge in [-0.15, -0.1) is 10.2 Å². The molecule has 1 aromatic heterocycles. The fourth-order valence-electron chi connectivity index (χ4n) is 3.65. The first-order chi connectivity index (χ1) is 15.1. The Morgan fingerprint density at radius 2 is 2.06 bits per heavy atom.